The van der Waals surface area contributed by atoms with Crippen molar-refractivity contribution >= 4 is 41.9 Å². The number of thiol groups is 1. The Bertz CT molecular complexity index is 995. The van der Waals surface area contributed by atoms with Gasteiger partial charge in [0, 0.05) is 53.4 Å². The van der Waals surface area contributed by atoms with Crippen LogP contribution in [0.2, 0.25) is 0 Å². The second-order valence-electron chi connectivity index (χ2n) is 9.89. The Morgan fingerprint density at radius 1 is 1.36 bits per heavy atom. The highest BCUT2D eigenvalue weighted by Gasteiger charge is 2.52. The molecule has 1 N–H and O–H groups in total. The molecule has 0 radical (unpaired) electrons. The lowest BCUT2D eigenvalue weighted by Gasteiger charge is -2.39. The molecule has 2 fully saturated rings. The zero-order chi connectivity index (χ0) is 23.8. The lowest BCUT2D eigenvalue weighted by Crippen LogP contribution is -2.55. The average Bonchev–Trinajstić information content (AvgIpc) is 3.45. The Morgan fingerprint density at radius 3 is 2.67 bits per heavy atom. The molecule has 2 heterocycles. The summed E-state index contributed by atoms with van der Waals surface area (Å²) in [6.45, 7) is 6.25. The van der Waals surface area contributed by atoms with Gasteiger partial charge in [-0.05, 0) is 50.8 Å². The van der Waals surface area contributed by atoms with Crippen LogP contribution in [0.3, 0.4) is 0 Å². The van der Waals surface area contributed by atoms with Gasteiger partial charge in [-0.25, -0.2) is 0 Å². The molecular weight excluding hydrogens is 452 g/mol. The number of piperidine rings is 1. The summed E-state index contributed by atoms with van der Waals surface area (Å²) in [5.74, 6) is 3.10. The fourth-order valence-electron chi connectivity index (χ4n) is 4.70. The minimum atomic E-state index is -0.395. The van der Waals surface area contributed by atoms with Crippen LogP contribution in [0.5, 0.6) is 0 Å². The van der Waals surface area contributed by atoms with Crippen LogP contribution in [0.25, 0.3) is 0 Å². The Kier molecular flexibility index (Phi) is 6.75. The molecule has 1 aromatic rings. The van der Waals surface area contributed by atoms with Crippen LogP contribution in [-0.2, 0) is 16.1 Å². The highest BCUT2D eigenvalue weighted by Crippen LogP contribution is 2.54. The molecule has 2 unspecified atom stereocenters. The van der Waals surface area contributed by atoms with Gasteiger partial charge in [-0.3, -0.25) is 14.6 Å². The summed E-state index contributed by atoms with van der Waals surface area (Å²) in [4.78, 5) is 28.3. The number of carbonyl (C=O) groups is 2. The summed E-state index contributed by atoms with van der Waals surface area (Å²) in [5.41, 5.74) is 2.23. The first-order valence-corrected chi connectivity index (χ1v) is 12.9. The van der Waals surface area contributed by atoms with Crippen molar-refractivity contribution in [2.45, 2.75) is 55.2 Å². The molecule has 4 rings (SSSR count). The zero-order valence-corrected chi connectivity index (χ0v) is 21.2. The third kappa shape index (κ3) is 5.20. The number of fused-ring (bicyclic) bond motifs is 1. The monoisotopic (exact) mass is 484 g/mol. The van der Waals surface area contributed by atoms with Crippen molar-refractivity contribution in [1.29, 1.82) is 0 Å². The number of nitrogens with one attached hydrogen (secondary N) is 1. The smallest absolute Gasteiger partial charge is 0.268 e. The molecule has 6 nitrogen and oxygen atoms in total. The first-order valence-electron chi connectivity index (χ1n) is 11.4. The Labute approximate surface area is 206 Å². The van der Waals surface area contributed by atoms with Gasteiger partial charge >= 0.3 is 0 Å². The quantitative estimate of drug-likeness (QED) is 0.440. The number of carbonyl (C=O) groups excluding carboxylic acids is 2. The fourth-order valence-corrected chi connectivity index (χ4v) is 6.65. The van der Waals surface area contributed by atoms with E-state index in [1.165, 1.54) is 0 Å². The molecule has 1 aromatic carbocycles. The van der Waals surface area contributed by atoms with Crippen molar-refractivity contribution in [3.8, 4) is 12.3 Å². The SMILES string of the molecule is C#Cc1ccc(CNC(=O)C2=NN(C)C3C(=O)N(CC4(SC(C)(C)CS)CC4)CCC23)cc1. The predicted molar refractivity (Wildman–Crippen MR) is 137 cm³/mol. The van der Waals surface area contributed by atoms with E-state index in [0.717, 1.165) is 42.7 Å². The summed E-state index contributed by atoms with van der Waals surface area (Å²) < 4.78 is 0.225. The normalized spacial score (nSPS) is 23.6. The van der Waals surface area contributed by atoms with Crippen LogP contribution in [0, 0.1) is 18.3 Å². The number of rotatable bonds is 8. The summed E-state index contributed by atoms with van der Waals surface area (Å²) in [5, 5.41) is 9.13. The van der Waals surface area contributed by atoms with Crippen LogP contribution < -0.4 is 5.32 Å². The van der Waals surface area contributed by atoms with Gasteiger partial charge in [-0.2, -0.15) is 17.7 Å². The summed E-state index contributed by atoms with van der Waals surface area (Å²) in [6, 6.07) is 7.13. The van der Waals surface area contributed by atoms with Crippen molar-refractivity contribution < 1.29 is 9.59 Å². The van der Waals surface area contributed by atoms with E-state index in [1.54, 1.807) is 12.1 Å². The molecule has 3 aliphatic rings. The number of hydrogen-bond donors (Lipinski definition) is 2. The molecule has 2 aliphatic heterocycles. The largest absolute Gasteiger partial charge is 0.347 e. The van der Waals surface area contributed by atoms with Crippen molar-refractivity contribution in [2.24, 2.45) is 11.0 Å². The van der Waals surface area contributed by atoms with Gasteiger partial charge in [0.05, 0.1) is 0 Å². The number of terminal acetylenes is 1. The first kappa shape index (κ1) is 24.0. The number of hydrazone groups is 1. The summed E-state index contributed by atoms with van der Waals surface area (Å²) in [6.07, 6.45) is 8.41. The maximum Gasteiger partial charge on any atom is 0.268 e. The van der Waals surface area contributed by atoms with Gasteiger partial charge in [0.15, 0.2) is 0 Å². The minimum absolute atomic E-state index is 0.0840. The van der Waals surface area contributed by atoms with Gasteiger partial charge in [-0.1, -0.05) is 18.1 Å². The predicted octanol–water partition coefficient (Wildman–Crippen LogP) is 2.78. The second kappa shape index (κ2) is 9.27. The zero-order valence-electron chi connectivity index (χ0n) is 19.5. The van der Waals surface area contributed by atoms with Gasteiger partial charge < -0.3 is 10.2 Å². The van der Waals surface area contributed by atoms with Crippen LogP contribution >= 0.6 is 24.4 Å². The van der Waals surface area contributed by atoms with E-state index < -0.39 is 6.04 Å². The standard InChI is InChI=1S/C25H32N4O2S2/c1-5-17-6-8-18(9-7-17)14-26-22(30)20-19-10-13-29(23(31)21(19)28(4)27-20)15-25(11-12-25)33-24(2,3)16-32/h1,6-9,19,21,32H,10-16H2,2-4H3,(H,26,30). The first-order chi connectivity index (χ1) is 15.7. The molecule has 0 spiro atoms. The van der Waals surface area contributed by atoms with Gasteiger partial charge in [0.2, 0.25) is 5.91 Å². The molecule has 1 aliphatic carbocycles. The van der Waals surface area contributed by atoms with E-state index in [2.05, 4.69) is 42.8 Å². The van der Waals surface area contributed by atoms with E-state index in [4.69, 9.17) is 6.42 Å². The number of hydrogen-bond acceptors (Lipinski definition) is 6. The maximum atomic E-state index is 13.4. The van der Waals surface area contributed by atoms with Crippen LogP contribution in [-0.4, -0.2) is 68.9 Å². The van der Waals surface area contributed by atoms with E-state index in [9.17, 15) is 9.59 Å². The van der Waals surface area contributed by atoms with Crippen molar-refractivity contribution in [3.05, 3.63) is 35.4 Å². The number of likely N-dealkylation sites (N-methyl/N-ethyl adjacent to an activating group) is 1. The summed E-state index contributed by atoms with van der Waals surface area (Å²) in [7, 11) is 1.80. The molecular formula is C25H32N4O2S2. The lowest BCUT2D eigenvalue weighted by atomic mass is 9.87. The molecule has 2 amide bonds. The van der Waals surface area contributed by atoms with Gasteiger partial charge in [0.1, 0.15) is 11.8 Å². The fraction of sp³-hybridized carbons (Fsp3) is 0.560. The minimum Gasteiger partial charge on any atom is -0.347 e. The third-order valence-electron chi connectivity index (χ3n) is 6.64. The van der Waals surface area contributed by atoms with Crippen molar-refractivity contribution in [2.75, 3.05) is 25.9 Å². The Hall–Kier alpha value is -2.11. The topological polar surface area (TPSA) is 65.0 Å². The van der Waals surface area contributed by atoms with Crippen molar-refractivity contribution in [1.82, 2.24) is 15.2 Å². The average molecular weight is 485 g/mol. The molecule has 8 heteroatoms. The van der Waals surface area contributed by atoms with E-state index in [1.807, 2.05) is 40.9 Å². The number of thioether (sulfide) groups is 1. The van der Waals surface area contributed by atoms with Crippen molar-refractivity contribution in [3.63, 3.8) is 0 Å². The van der Waals surface area contributed by atoms with Crippen LogP contribution in [0.4, 0.5) is 0 Å². The maximum absolute atomic E-state index is 13.4. The molecule has 33 heavy (non-hydrogen) atoms. The van der Waals surface area contributed by atoms with Gasteiger partial charge in [-0.15, -0.1) is 18.2 Å². The number of nitrogens with zero attached hydrogens (tertiary/aromatic N) is 3. The molecule has 1 saturated carbocycles. The lowest BCUT2D eigenvalue weighted by molar-refractivity contribution is -0.140. The Morgan fingerprint density at radius 2 is 2.06 bits per heavy atom. The molecule has 0 bridgehead atoms. The van der Waals surface area contributed by atoms with E-state index >= 15 is 0 Å². The van der Waals surface area contributed by atoms with Crippen LogP contribution in [0.1, 0.15) is 44.2 Å². The summed E-state index contributed by atoms with van der Waals surface area (Å²) >= 11 is 6.46. The Balaban J connectivity index is 1.37. The molecule has 2 atom stereocenters. The van der Waals surface area contributed by atoms with E-state index in [0.29, 0.717) is 18.8 Å². The highest BCUT2D eigenvalue weighted by atomic mass is 32.2. The second-order valence-corrected chi connectivity index (χ2v) is 12.4. The molecule has 1 saturated heterocycles. The van der Waals surface area contributed by atoms with Gasteiger partial charge in [0.25, 0.3) is 5.91 Å². The number of likely N-dealkylation sites (tertiary alicyclic amines) is 1. The molecule has 176 valence electrons. The van der Waals surface area contributed by atoms with Crippen LogP contribution in [0.15, 0.2) is 29.4 Å². The van der Waals surface area contributed by atoms with E-state index in [-0.39, 0.29) is 27.2 Å². The number of benzene rings is 1. The third-order valence-corrected chi connectivity index (χ3v) is 9.31. The highest BCUT2D eigenvalue weighted by molar-refractivity contribution is 8.02. The number of amides is 2. The molecule has 0 aromatic heterocycles.